The van der Waals surface area contributed by atoms with Crippen molar-refractivity contribution >= 4 is 53.8 Å². The first-order valence-corrected chi connectivity index (χ1v) is 12.5. The smallest absolute Gasteiger partial charge is 0.744 e. The van der Waals surface area contributed by atoms with Gasteiger partial charge in [-0.2, -0.15) is 0 Å². The minimum Gasteiger partial charge on any atom is -0.744 e. The first-order valence-electron chi connectivity index (χ1n) is 8.90. The van der Waals surface area contributed by atoms with Crippen LogP contribution in [0.4, 0.5) is 22.1 Å². The van der Waals surface area contributed by atoms with E-state index in [1.165, 1.54) is 6.92 Å². The SMILES string of the molecule is [C-]#[N+]c1c(C)nsc1N=Nc1c(C)c([N+]#[C-])c(O)n(-c2cc(S(=O)(=O)[O-])ccc2S(=O)(=O)[O-])c1=O.[K+].[K+]. The Hall–Kier alpha value is -0.727. The van der Waals surface area contributed by atoms with E-state index in [4.69, 9.17) is 13.1 Å². The Labute approximate surface area is 299 Å². The minimum atomic E-state index is -5.37. The maximum absolute atomic E-state index is 13.2. The molecule has 0 bridgehead atoms. The third-order valence-electron chi connectivity index (χ3n) is 4.55. The van der Waals surface area contributed by atoms with Gasteiger partial charge in [-0.1, -0.05) is 0 Å². The first-order chi connectivity index (χ1) is 16.2. The van der Waals surface area contributed by atoms with E-state index in [2.05, 4.69) is 24.3 Å². The Morgan fingerprint density at radius 2 is 1.62 bits per heavy atom. The molecule has 0 atom stereocenters. The predicted octanol–water partition coefficient (Wildman–Crippen LogP) is -3.05. The van der Waals surface area contributed by atoms with Crippen molar-refractivity contribution in [2.24, 2.45) is 10.2 Å². The number of hydrogen-bond acceptors (Lipinski definition) is 12. The van der Waals surface area contributed by atoms with Crippen molar-refractivity contribution in [3.05, 3.63) is 62.6 Å². The van der Waals surface area contributed by atoms with Gasteiger partial charge in [-0.15, -0.1) is 10.2 Å². The van der Waals surface area contributed by atoms with Crippen LogP contribution in [0.1, 0.15) is 11.3 Å². The fraction of sp³-hybridized carbons (Fsp3) is 0.111. The second kappa shape index (κ2) is 13.1. The number of rotatable bonds is 5. The molecule has 37 heavy (non-hydrogen) atoms. The average molecular weight is 613 g/mol. The fourth-order valence-corrected chi connectivity index (χ4v) is 4.70. The van der Waals surface area contributed by atoms with Crippen molar-refractivity contribution in [1.82, 2.24) is 8.94 Å². The summed E-state index contributed by atoms with van der Waals surface area (Å²) in [6.07, 6.45) is 0. The van der Waals surface area contributed by atoms with Crippen LogP contribution in [-0.2, 0) is 20.2 Å². The van der Waals surface area contributed by atoms with Gasteiger partial charge in [-0.3, -0.25) is 9.36 Å². The van der Waals surface area contributed by atoms with Crippen LogP contribution >= 0.6 is 11.5 Å². The molecule has 0 saturated heterocycles. The van der Waals surface area contributed by atoms with Gasteiger partial charge in [-0.25, -0.2) is 30.9 Å². The largest absolute Gasteiger partial charge is 1.00 e. The minimum absolute atomic E-state index is 0. The van der Waals surface area contributed by atoms with E-state index in [1.54, 1.807) is 6.92 Å². The summed E-state index contributed by atoms with van der Waals surface area (Å²) in [5, 5.41) is 18.2. The Bertz CT molecular complexity index is 1790. The van der Waals surface area contributed by atoms with Gasteiger partial charge in [0.05, 0.1) is 34.3 Å². The molecular formula is C18H10K2N6O8S3. The van der Waals surface area contributed by atoms with Crippen LogP contribution in [-0.4, -0.2) is 40.0 Å². The molecule has 2 aromatic heterocycles. The Morgan fingerprint density at radius 3 is 2.14 bits per heavy atom. The van der Waals surface area contributed by atoms with Gasteiger partial charge in [0.25, 0.3) is 11.2 Å². The molecule has 0 aliphatic carbocycles. The molecule has 0 amide bonds. The molecule has 0 aliphatic rings. The molecule has 0 spiro atoms. The number of azo groups is 1. The maximum atomic E-state index is 13.2. The van der Waals surface area contributed by atoms with Crippen LogP contribution in [0.2, 0.25) is 0 Å². The number of aromatic nitrogens is 2. The van der Waals surface area contributed by atoms with Crippen LogP contribution in [0.25, 0.3) is 15.4 Å². The summed E-state index contributed by atoms with van der Waals surface area (Å²) in [5.74, 6) is -1.14. The van der Waals surface area contributed by atoms with E-state index in [0.29, 0.717) is 23.9 Å². The molecular weight excluding hydrogens is 603 g/mol. The van der Waals surface area contributed by atoms with Gasteiger partial charge in [0.1, 0.15) is 25.9 Å². The molecule has 180 valence electrons. The zero-order valence-electron chi connectivity index (χ0n) is 19.4. The van der Waals surface area contributed by atoms with E-state index in [1.807, 2.05) is 0 Å². The zero-order valence-corrected chi connectivity index (χ0v) is 28.1. The van der Waals surface area contributed by atoms with Gasteiger partial charge >= 0.3 is 103 Å². The summed E-state index contributed by atoms with van der Waals surface area (Å²) in [6.45, 7) is 17.3. The van der Waals surface area contributed by atoms with Crippen molar-refractivity contribution in [3.8, 4) is 11.6 Å². The number of hydrogen-bond donors (Lipinski definition) is 1. The van der Waals surface area contributed by atoms with E-state index in [-0.39, 0.29) is 124 Å². The number of aryl methyl sites for hydroxylation is 1. The quantitative estimate of drug-likeness (QED) is 0.134. The molecule has 0 unspecified atom stereocenters. The Balaban J connectivity index is 0.00000342. The van der Waals surface area contributed by atoms with E-state index in [0.717, 1.165) is 11.5 Å². The van der Waals surface area contributed by atoms with Gasteiger partial charge in [0.15, 0.2) is 5.00 Å². The fourth-order valence-electron chi connectivity index (χ4n) is 2.90. The van der Waals surface area contributed by atoms with Crippen molar-refractivity contribution in [1.29, 1.82) is 0 Å². The summed E-state index contributed by atoms with van der Waals surface area (Å²) in [7, 11) is -10.6. The summed E-state index contributed by atoms with van der Waals surface area (Å²) in [4.78, 5) is 17.4. The van der Waals surface area contributed by atoms with Gasteiger partial charge in [-0.05, 0) is 49.1 Å². The predicted molar refractivity (Wildman–Crippen MR) is 118 cm³/mol. The molecule has 0 aliphatic heterocycles. The molecule has 0 saturated carbocycles. The monoisotopic (exact) mass is 612 g/mol. The normalized spacial score (nSPS) is 11.3. The van der Waals surface area contributed by atoms with Crippen LogP contribution in [0, 0.1) is 27.0 Å². The van der Waals surface area contributed by atoms with E-state index >= 15 is 0 Å². The molecule has 1 aromatic carbocycles. The molecule has 3 rings (SSSR count). The molecule has 3 aromatic rings. The van der Waals surface area contributed by atoms with Crippen LogP contribution < -0.4 is 108 Å². The molecule has 1 N–H and O–H groups in total. The summed E-state index contributed by atoms with van der Waals surface area (Å²) < 4.78 is 73.9. The third kappa shape index (κ3) is 7.08. The second-order valence-electron chi connectivity index (χ2n) is 6.67. The van der Waals surface area contributed by atoms with E-state index in [9.17, 15) is 35.8 Å². The van der Waals surface area contributed by atoms with Gasteiger partial charge < -0.3 is 14.2 Å². The molecule has 0 radical (unpaired) electrons. The summed E-state index contributed by atoms with van der Waals surface area (Å²) in [6, 6.07) is 1.43. The summed E-state index contributed by atoms with van der Waals surface area (Å²) >= 11 is 0.791. The average Bonchev–Trinajstić information content (AvgIpc) is 3.11. The number of nitrogens with zero attached hydrogens (tertiary/aromatic N) is 6. The summed E-state index contributed by atoms with van der Waals surface area (Å²) in [5.41, 5.74) is -3.28. The number of aromatic hydroxyl groups is 1. The van der Waals surface area contributed by atoms with Crippen LogP contribution in [0.5, 0.6) is 5.88 Å². The van der Waals surface area contributed by atoms with Crippen LogP contribution in [0.15, 0.2) is 43.0 Å². The number of pyridine rings is 1. The van der Waals surface area contributed by atoms with Crippen molar-refractivity contribution in [3.63, 3.8) is 0 Å². The molecule has 14 nitrogen and oxygen atoms in total. The maximum Gasteiger partial charge on any atom is 1.00 e. The second-order valence-corrected chi connectivity index (χ2v) is 10.1. The van der Waals surface area contributed by atoms with Gasteiger partial charge in [0.2, 0.25) is 11.6 Å². The number of benzene rings is 1. The Kier molecular flexibility index (Phi) is 12.1. The molecule has 2 heterocycles. The zero-order chi connectivity index (χ0) is 26.3. The van der Waals surface area contributed by atoms with Crippen molar-refractivity contribution < 1.29 is 134 Å². The molecule has 0 fully saturated rings. The van der Waals surface area contributed by atoms with Crippen molar-refractivity contribution in [2.45, 2.75) is 23.6 Å². The van der Waals surface area contributed by atoms with Gasteiger partial charge in [0, 0.05) is 0 Å². The van der Waals surface area contributed by atoms with Crippen LogP contribution in [0.3, 0.4) is 0 Å². The molecule has 19 heteroatoms. The topological polar surface area (TPSA) is 203 Å². The van der Waals surface area contributed by atoms with Crippen molar-refractivity contribution in [2.75, 3.05) is 0 Å². The first kappa shape index (κ1) is 34.3. The Morgan fingerprint density at radius 1 is 1.03 bits per heavy atom. The standard InChI is InChI=1S/C18H12N6O8S3.2K/c1-8-13(19-3)17(25)24(11-7-10(34(27,28)29)5-6-12(11)35(30,31)32)18(26)14(8)21-22-16-15(20-4)9(2)23-33-16;;/h5-7,25H,1-2H3,(H,27,28,29)(H,30,31,32);;/q;2*+1/p-2. The van der Waals surface area contributed by atoms with E-state index < -0.39 is 58.5 Å². The third-order valence-corrected chi connectivity index (χ3v) is 7.08.